The Morgan fingerprint density at radius 1 is 1.43 bits per heavy atom. The molecule has 6 nitrogen and oxygen atoms in total. The monoisotopic (exact) mass is 293 g/mol. The molecule has 0 atom stereocenters. The lowest BCUT2D eigenvalue weighted by atomic mass is 9.99. The van der Waals surface area contributed by atoms with Crippen LogP contribution in [0.1, 0.15) is 29.8 Å². The molecule has 0 aromatic heterocycles. The first kappa shape index (κ1) is 15.1. The van der Waals surface area contributed by atoms with Crippen molar-refractivity contribution in [2.75, 3.05) is 6.54 Å². The first-order valence-corrected chi connectivity index (χ1v) is 6.40. The van der Waals surface area contributed by atoms with Crippen LogP contribution in [0.15, 0.2) is 18.2 Å². The van der Waals surface area contributed by atoms with E-state index in [-0.39, 0.29) is 24.2 Å². The molecular weight excluding hydrogens is 277 g/mol. The van der Waals surface area contributed by atoms with Crippen molar-refractivity contribution in [3.63, 3.8) is 0 Å². The van der Waals surface area contributed by atoms with Gasteiger partial charge in [0.05, 0.1) is 18.6 Å². The molecule has 21 heavy (non-hydrogen) atoms. The Labute approximate surface area is 121 Å². The predicted octanol–water partition coefficient (Wildman–Crippen LogP) is 0.162. The lowest BCUT2D eigenvalue weighted by molar-refractivity contribution is -0.153. The maximum absolute atomic E-state index is 13.8. The molecule has 0 bridgehead atoms. The fourth-order valence-corrected chi connectivity index (χ4v) is 2.10. The van der Waals surface area contributed by atoms with Crippen molar-refractivity contribution in [1.82, 2.24) is 10.2 Å². The number of piperazine rings is 1. The van der Waals surface area contributed by atoms with Crippen molar-refractivity contribution < 1.29 is 18.8 Å². The van der Waals surface area contributed by atoms with E-state index in [4.69, 9.17) is 5.73 Å². The molecule has 1 aliphatic heterocycles. The summed E-state index contributed by atoms with van der Waals surface area (Å²) in [6, 6.07) is 3.61. The zero-order valence-electron chi connectivity index (χ0n) is 11.8. The summed E-state index contributed by atoms with van der Waals surface area (Å²) < 4.78 is 13.8. The molecule has 112 valence electrons. The van der Waals surface area contributed by atoms with Gasteiger partial charge >= 0.3 is 0 Å². The number of nitrogens with one attached hydrogen (secondary N) is 1. The molecule has 0 radical (unpaired) electrons. The van der Waals surface area contributed by atoms with E-state index < -0.39 is 29.1 Å². The number of nitrogens with two attached hydrogens (primary N) is 1. The Kier molecular flexibility index (Phi) is 3.78. The summed E-state index contributed by atoms with van der Waals surface area (Å²) in [6.45, 7) is 3.06. The molecule has 1 aliphatic rings. The van der Waals surface area contributed by atoms with Crippen LogP contribution in [-0.4, -0.2) is 34.7 Å². The van der Waals surface area contributed by atoms with E-state index in [0.717, 1.165) is 11.0 Å². The van der Waals surface area contributed by atoms with E-state index in [1.807, 2.05) is 0 Å². The number of carbonyl (C=O) groups excluding carboxylic acids is 3. The van der Waals surface area contributed by atoms with Gasteiger partial charge in [-0.3, -0.25) is 24.6 Å². The number of nitrogens with zero attached hydrogens (tertiary/aromatic N) is 1. The quantitative estimate of drug-likeness (QED) is 0.777. The van der Waals surface area contributed by atoms with E-state index in [1.165, 1.54) is 12.1 Å². The zero-order valence-corrected chi connectivity index (χ0v) is 11.8. The van der Waals surface area contributed by atoms with E-state index in [2.05, 4.69) is 5.32 Å². The molecular formula is C14H16FN3O3. The minimum Gasteiger partial charge on any atom is -0.366 e. The van der Waals surface area contributed by atoms with Gasteiger partial charge in [-0.15, -0.1) is 0 Å². The van der Waals surface area contributed by atoms with Crippen molar-refractivity contribution in [3.8, 4) is 0 Å². The fourth-order valence-electron chi connectivity index (χ4n) is 2.10. The number of primary amides is 1. The topological polar surface area (TPSA) is 92.5 Å². The molecule has 1 aromatic carbocycles. The van der Waals surface area contributed by atoms with E-state index in [0.29, 0.717) is 0 Å². The van der Waals surface area contributed by atoms with Crippen LogP contribution in [0.25, 0.3) is 0 Å². The Hall–Kier alpha value is -2.28. The van der Waals surface area contributed by atoms with Gasteiger partial charge in [-0.1, -0.05) is 0 Å². The Morgan fingerprint density at radius 3 is 2.71 bits per heavy atom. The van der Waals surface area contributed by atoms with Crippen LogP contribution in [0.3, 0.4) is 0 Å². The highest BCUT2D eigenvalue weighted by atomic mass is 19.1. The number of carbonyl (C=O) groups is 3. The molecule has 0 spiro atoms. The second-order valence-corrected chi connectivity index (χ2v) is 5.43. The third kappa shape index (κ3) is 2.92. The summed E-state index contributed by atoms with van der Waals surface area (Å²) in [7, 11) is 0. The van der Waals surface area contributed by atoms with E-state index >= 15 is 0 Å². The molecule has 0 aliphatic carbocycles. The number of halogens is 1. The van der Waals surface area contributed by atoms with Gasteiger partial charge in [0, 0.05) is 11.1 Å². The fraction of sp³-hybridized carbons (Fsp3) is 0.357. The third-order valence-corrected chi connectivity index (χ3v) is 3.42. The van der Waals surface area contributed by atoms with Crippen molar-refractivity contribution in [2.45, 2.75) is 25.9 Å². The van der Waals surface area contributed by atoms with Gasteiger partial charge in [0.1, 0.15) is 5.82 Å². The highest BCUT2D eigenvalue weighted by molar-refractivity contribution is 6.03. The summed E-state index contributed by atoms with van der Waals surface area (Å²) in [5.74, 6) is -2.18. The highest BCUT2D eigenvalue weighted by Gasteiger charge is 2.39. The third-order valence-electron chi connectivity index (χ3n) is 3.42. The standard InChI is InChI=1S/C14H16FN3O3/c1-14(2)13(21)18(11(19)6-17-14)7-9-5-8(12(16)20)3-4-10(9)15/h3-5,17H,6-7H2,1-2H3,(H2,16,20). The number of rotatable bonds is 3. The lowest BCUT2D eigenvalue weighted by Crippen LogP contribution is -2.63. The normalized spacial score (nSPS) is 18.0. The molecule has 3 N–H and O–H groups in total. The SMILES string of the molecule is CC1(C)NCC(=O)N(Cc2cc(C(N)=O)ccc2F)C1=O. The number of benzene rings is 1. The minimum atomic E-state index is -0.897. The molecule has 3 amide bonds. The lowest BCUT2D eigenvalue weighted by Gasteiger charge is -2.36. The van der Waals surface area contributed by atoms with E-state index in [1.54, 1.807) is 13.8 Å². The van der Waals surface area contributed by atoms with Crippen LogP contribution in [0, 0.1) is 5.82 Å². The minimum absolute atomic E-state index is 0.00410. The predicted molar refractivity (Wildman–Crippen MR) is 72.6 cm³/mol. The number of hydrogen-bond acceptors (Lipinski definition) is 4. The number of imide groups is 1. The van der Waals surface area contributed by atoms with Gasteiger partial charge in [-0.25, -0.2) is 4.39 Å². The summed E-state index contributed by atoms with van der Waals surface area (Å²) in [5, 5.41) is 2.81. The van der Waals surface area contributed by atoms with Gasteiger partial charge < -0.3 is 5.73 Å². The van der Waals surface area contributed by atoms with Crippen LogP contribution >= 0.6 is 0 Å². The van der Waals surface area contributed by atoms with Gasteiger partial charge in [-0.05, 0) is 32.0 Å². The molecule has 7 heteroatoms. The van der Waals surface area contributed by atoms with Crippen LogP contribution in [0.4, 0.5) is 4.39 Å². The van der Waals surface area contributed by atoms with Gasteiger partial charge in [0.15, 0.2) is 0 Å². The van der Waals surface area contributed by atoms with Crippen LogP contribution in [-0.2, 0) is 16.1 Å². The molecule has 0 saturated carbocycles. The highest BCUT2D eigenvalue weighted by Crippen LogP contribution is 2.19. The summed E-state index contributed by atoms with van der Waals surface area (Å²) >= 11 is 0. The summed E-state index contributed by atoms with van der Waals surface area (Å²) in [6.07, 6.45) is 0. The maximum atomic E-state index is 13.8. The molecule has 2 rings (SSSR count). The number of hydrogen-bond donors (Lipinski definition) is 2. The second kappa shape index (κ2) is 5.25. The molecule has 1 heterocycles. The molecule has 1 fully saturated rings. The Bertz CT molecular complexity index is 628. The van der Waals surface area contributed by atoms with Gasteiger partial charge in [0.25, 0.3) is 0 Å². The van der Waals surface area contributed by atoms with Gasteiger partial charge in [-0.2, -0.15) is 0 Å². The zero-order chi connectivity index (χ0) is 15.8. The van der Waals surface area contributed by atoms with Crippen LogP contribution in [0.2, 0.25) is 0 Å². The first-order chi connectivity index (χ1) is 9.72. The second-order valence-electron chi connectivity index (χ2n) is 5.43. The van der Waals surface area contributed by atoms with Crippen molar-refractivity contribution in [1.29, 1.82) is 0 Å². The average Bonchev–Trinajstić information content (AvgIpc) is 2.41. The Balaban J connectivity index is 2.32. The van der Waals surface area contributed by atoms with Crippen molar-refractivity contribution in [3.05, 3.63) is 35.1 Å². The van der Waals surface area contributed by atoms with Crippen molar-refractivity contribution >= 4 is 17.7 Å². The summed E-state index contributed by atoms with van der Waals surface area (Å²) in [4.78, 5) is 36.2. The van der Waals surface area contributed by atoms with E-state index in [9.17, 15) is 18.8 Å². The first-order valence-electron chi connectivity index (χ1n) is 6.40. The van der Waals surface area contributed by atoms with Gasteiger partial charge in [0.2, 0.25) is 17.7 Å². The Morgan fingerprint density at radius 2 is 2.10 bits per heavy atom. The molecule has 1 aromatic rings. The summed E-state index contributed by atoms with van der Waals surface area (Å²) in [5.41, 5.74) is 4.45. The molecule has 1 saturated heterocycles. The molecule has 0 unspecified atom stereocenters. The maximum Gasteiger partial charge on any atom is 0.249 e. The smallest absolute Gasteiger partial charge is 0.249 e. The van der Waals surface area contributed by atoms with Crippen molar-refractivity contribution in [2.24, 2.45) is 5.73 Å². The number of amides is 3. The van der Waals surface area contributed by atoms with Crippen LogP contribution in [0.5, 0.6) is 0 Å². The largest absolute Gasteiger partial charge is 0.366 e. The average molecular weight is 293 g/mol. The van der Waals surface area contributed by atoms with Crippen LogP contribution < -0.4 is 11.1 Å².